The standard InChI is InChI=1S/C12H20O4/c1-5-6-14-9-11(4)15-7-8-16-12(13)10(2)3/h5,11H,1-2,6-9H2,3-4H3. The number of esters is 1. The van der Waals surface area contributed by atoms with Crippen LogP contribution in [0.5, 0.6) is 0 Å². The molecule has 1 atom stereocenters. The van der Waals surface area contributed by atoms with Crippen LogP contribution in [-0.2, 0) is 19.0 Å². The Kier molecular flexibility index (Phi) is 8.48. The summed E-state index contributed by atoms with van der Waals surface area (Å²) in [5.74, 6) is -0.390. The molecule has 92 valence electrons. The summed E-state index contributed by atoms with van der Waals surface area (Å²) in [7, 11) is 0. The molecule has 0 amide bonds. The lowest BCUT2D eigenvalue weighted by atomic mass is 10.4. The van der Waals surface area contributed by atoms with E-state index in [1.165, 1.54) is 0 Å². The van der Waals surface area contributed by atoms with Gasteiger partial charge in [0.05, 0.1) is 25.9 Å². The van der Waals surface area contributed by atoms with Gasteiger partial charge in [0.15, 0.2) is 0 Å². The average Bonchev–Trinajstić information content (AvgIpc) is 2.24. The molecule has 4 heteroatoms. The summed E-state index contributed by atoms with van der Waals surface area (Å²) in [5.41, 5.74) is 0.391. The highest BCUT2D eigenvalue weighted by Gasteiger charge is 2.04. The minimum Gasteiger partial charge on any atom is -0.460 e. The molecular weight excluding hydrogens is 208 g/mol. The van der Waals surface area contributed by atoms with Gasteiger partial charge in [-0.1, -0.05) is 12.7 Å². The van der Waals surface area contributed by atoms with Crippen molar-refractivity contribution in [3.05, 3.63) is 24.8 Å². The molecule has 0 aromatic carbocycles. The molecule has 0 heterocycles. The molecule has 0 saturated carbocycles. The number of carbonyl (C=O) groups is 1. The zero-order chi connectivity index (χ0) is 12.4. The number of carbonyl (C=O) groups excluding carboxylic acids is 1. The summed E-state index contributed by atoms with van der Waals surface area (Å²) in [4.78, 5) is 11.0. The third kappa shape index (κ3) is 8.20. The molecule has 1 unspecified atom stereocenters. The van der Waals surface area contributed by atoms with Crippen molar-refractivity contribution in [2.45, 2.75) is 20.0 Å². The molecule has 0 fully saturated rings. The van der Waals surface area contributed by atoms with E-state index in [9.17, 15) is 4.79 Å². The Morgan fingerprint density at radius 1 is 1.44 bits per heavy atom. The van der Waals surface area contributed by atoms with E-state index < -0.39 is 0 Å². The second-order valence-corrected chi connectivity index (χ2v) is 3.42. The molecule has 0 saturated heterocycles. The molecule has 16 heavy (non-hydrogen) atoms. The Morgan fingerprint density at radius 2 is 2.12 bits per heavy atom. The topological polar surface area (TPSA) is 44.8 Å². The van der Waals surface area contributed by atoms with Gasteiger partial charge in [-0.15, -0.1) is 6.58 Å². The van der Waals surface area contributed by atoms with Crippen LogP contribution in [0.1, 0.15) is 13.8 Å². The number of ether oxygens (including phenoxy) is 3. The molecule has 0 N–H and O–H groups in total. The van der Waals surface area contributed by atoms with E-state index in [1.54, 1.807) is 13.0 Å². The lowest BCUT2D eigenvalue weighted by Gasteiger charge is -2.12. The van der Waals surface area contributed by atoms with Crippen molar-refractivity contribution in [3.8, 4) is 0 Å². The Hall–Kier alpha value is -1.13. The Morgan fingerprint density at radius 3 is 2.69 bits per heavy atom. The molecule has 0 aromatic heterocycles. The highest BCUT2D eigenvalue weighted by atomic mass is 16.6. The summed E-state index contributed by atoms with van der Waals surface area (Å²) in [6, 6.07) is 0. The number of hydrogen-bond acceptors (Lipinski definition) is 4. The lowest BCUT2D eigenvalue weighted by Crippen LogP contribution is -2.20. The fraction of sp³-hybridized carbons (Fsp3) is 0.583. The van der Waals surface area contributed by atoms with E-state index >= 15 is 0 Å². The van der Waals surface area contributed by atoms with E-state index in [1.807, 2.05) is 6.92 Å². The van der Waals surface area contributed by atoms with Crippen molar-refractivity contribution < 1.29 is 19.0 Å². The second-order valence-electron chi connectivity index (χ2n) is 3.42. The minimum absolute atomic E-state index is 0.0246. The normalized spacial score (nSPS) is 11.9. The maximum atomic E-state index is 11.0. The van der Waals surface area contributed by atoms with Gasteiger partial charge in [0.2, 0.25) is 0 Å². The zero-order valence-electron chi connectivity index (χ0n) is 10.0. The van der Waals surface area contributed by atoms with Crippen LogP contribution < -0.4 is 0 Å². The smallest absolute Gasteiger partial charge is 0.333 e. The van der Waals surface area contributed by atoms with E-state index in [-0.39, 0.29) is 18.7 Å². The first-order valence-electron chi connectivity index (χ1n) is 5.20. The van der Waals surface area contributed by atoms with Gasteiger partial charge in [0.1, 0.15) is 6.61 Å². The van der Waals surface area contributed by atoms with Crippen LogP contribution in [0.15, 0.2) is 24.8 Å². The third-order valence-corrected chi connectivity index (χ3v) is 1.66. The first-order valence-corrected chi connectivity index (χ1v) is 5.20. The van der Waals surface area contributed by atoms with E-state index in [0.717, 1.165) is 0 Å². The van der Waals surface area contributed by atoms with Gasteiger partial charge in [-0.25, -0.2) is 4.79 Å². The maximum Gasteiger partial charge on any atom is 0.333 e. The van der Waals surface area contributed by atoms with Crippen molar-refractivity contribution in [3.63, 3.8) is 0 Å². The summed E-state index contributed by atoms with van der Waals surface area (Å²) < 4.78 is 15.4. The zero-order valence-corrected chi connectivity index (χ0v) is 10.0. The van der Waals surface area contributed by atoms with Gasteiger partial charge in [-0.3, -0.25) is 0 Å². The second kappa shape index (κ2) is 9.12. The lowest BCUT2D eigenvalue weighted by molar-refractivity contribution is -0.141. The number of hydrogen-bond donors (Lipinski definition) is 0. The van der Waals surface area contributed by atoms with Crippen LogP contribution in [0.2, 0.25) is 0 Å². The average molecular weight is 228 g/mol. The molecule has 0 aliphatic carbocycles. The predicted octanol–water partition coefficient (Wildman–Crippen LogP) is 1.71. The SMILES string of the molecule is C=CCOCC(C)OCCOC(=O)C(=C)C. The Labute approximate surface area is 96.9 Å². The van der Waals surface area contributed by atoms with Crippen LogP contribution >= 0.6 is 0 Å². The molecule has 0 aromatic rings. The molecule has 0 bridgehead atoms. The summed E-state index contributed by atoms with van der Waals surface area (Å²) >= 11 is 0. The highest BCUT2D eigenvalue weighted by molar-refractivity contribution is 5.86. The van der Waals surface area contributed by atoms with Crippen molar-refractivity contribution >= 4 is 5.97 Å². The van der Waals surface area contributed by atoms with Gasteiger partial charge in [0.25, 0.3) is 0 Å². The van der Waals surface area contributed by atoms with E-state index in [4.69, 9.17) is 14.2 Å². The van der Waals surface area contributed by atoms with Crippen molar-refractivity contribution in [2.75, 3.05) is 26.4 Å². The maximum absolute atomic E-state index is 11.0. The largest absolute Gasteiger partial charge is 0.460 e. The van der Waals surface area contributed by atoms with E-state index in [0.29, 0.717) is 25.4 Å². The molecule has 4 nitrogen and oxygen atoms in total. The molecule has 0 spiro atoms. The molecular formula is C12H20O4. The predicted molar refractivity (Wildman–Crippen MR) is 62.2 cm³/mol. The van der Waals surface area contributed by atoms with Gasteiger partial charge in [-0.2, -0.15) is 0 Å². The monoisotopic (exact) mass is 228 g/mol. The van der Waals surface area contributed by atoms with E-state index in [2.05, 4.69) is 13.2 Å². The first kappa shape index (κ1) is 14.9. The first-order chi connectivity index (χ1) is 7.57. The molecule has 0 aliphatic heterocycles. The number of rotatable bonds is 9. The summed E-state index contributed by atoms with van der Waals surface area (Å²) in [6.45, 7) is 12.1. The molecule has 0 rings (SSSR count). The summed E-state index contributed by atoms with van der Waals surface area (Å²) in [6.07, 6.45) is 1.66. The van der Waals surface area contributed by atoms with Crippen molar-refractivity contribution in [2.24, 2.45) is 0 Å². The van der Waals surface area contributed by atoms with Crippen LogP contribution in [0.3, 0.4) is 0 Å². The quantitative estimate of drug-likeness (QED) is 0.261. The van der Waals surface area contributed by atoms with Gasteiger partial charge in [0, 0.05) is 5.57 Å². The van der Waals surface area contributed by atoms with Crippen LogP contribution in [0.25, 0.3) is 0 Å². The Balaban J connectivity index is 3.40. The Bertz CT molecular complexity index is 235. The van der Waals surface area contributed by atoms with Crippen molar-refractivity contribution in [1.82, 2.24) is 0 Å². The van der Waals surface area contributed by atoms with Crippen molar-refractivity contribution in [1.29, 1.82) is 0 Å². The molecule has 0 aliphatic rings. The van der Waals surface area contributed by atoms with Crippen LogP contribution in [0, 0.1) is 0 Å². The van der Waals surface area contributed by atoms with Crippen LogP contribution in [-0.4, -0.2) is 38.5 Å². The fourth-order valence-corrected chi connectivity index (χ4v) is 0.872. The summed E-state index contributed by atoms with van der Waals surface area (Å²) in [5, 5.41) is 0. The van der Waals surface area contributed by atoms with Gasteiger partial charge >= 0.3 is 5.97 Å². The van der Waals surface area contributed by atoms with Crippen LogP contribution in [0.4, 0.5) is 0 Å². The third-order valence-electron chi connectivity index (χ3n) is 1.66. The van der Waals surface area contributed by atoms with Gasteiger partial charge < -0.3 is 14.2 Å². The minimum atomic E-state index is -0.390. The molecule has 0 radical (unpaired) electrons. The fourth-order valence-electron chi connectivity index (χ4n) is 0.872. The highest BCUT2D eigenvalue weighted by Crippen LogP contribution is 1.95. The van der Waals surface area contributed by atoms with Gasteiger partial charge in [-0.05, 0) is 13.8 Å².